The van der Waals surface area contributed by atoms with Crippen molar-refractivity contribution in [3.05, 3.63) is 35.9 Å². The summed E-state index contributed by atoms with van der Waals surface area (Å²) in [5.74, 6) is -0.390. The van der Waals surface area contributed by atoms with Crippen molar-refractivity contribution >= 4 is 21.8 Å². The number of rotatable bonds is 4. The second kappa shape index (κ2) is 7.10. The lowest BCUT2D eigenvalue weighted by molar-refractivity contribution is -0.132. The van der Waals surface area contributed by atoms with Crippen molar-refractivity contribution in [2.75, 3.05) is 46.0 Å². The van der Waals surface area contributed by atoms with Crippen LogP contribution in [0.2, 0.25) is 0 Å². The topological polar surface area (TPSA) is 78.0 Å². The lowest BCUT2D eigenvalue weighted by Crippen LogP contribution is -2.52. The van der Waals surface area contributed by atoms with Crippen LogP contribution in [0.5, 0.6) is 0 Å². The minimum absolute atomic E-state index is 0.0212. The maximum atomic E-state index is 12.3. The van der Waals surface area contributed by atoms with Gasteiger partial charge in [-0.15, -0.1) is 0 Å². The molecule has 0 atom stereocenters. The average Bonchev–Trinajstić information content (AvgIpc) is 2.54. The van der Waals surface area contributed by atoms with Crippen LogP contribution in [-0.4, -0.2) is 80.4 Å². The van der Waals surface area contributed by atoms with Gasteiger partial charge in [-0.25, -0.2) is 8.42 Å². The molecule has 126 valence electrons. The van der Waals surface area contributed by atoms with E-state index in [2.05, 4.69) is 0 Å². The largest absolute Gasteiger partial charge is 0.339 e. The number of likely N-dealkylation sites (N-methyl/N-ethyl adjacent to an activating group) is 1. The van der Waals surface area contributed by atoms with Gasteiger partial charge in [0, 0.05) is 38.8 Å². The maximum absolute atomic E-state index is 12.3. The van der Waals surface area contributed by atoms with Crippen molar-refractivity contribution in [3.63, 3.8) is 0 Å². The van der Waals surface area contributed by atoms with E-state index >= 15 is 0 Å². The quantitative estimate of drug-likeness (QED) is 0.765. The third kappa shape index (κ3) is 4.52. The number of benzene rings is 1. The molecule has 2 rings (SSSR count). The summed E-state index contributed by atoms with van der Waals surface area (Å²) in [4.78, 5) is 27.4. The monoisotopic (exact) mass is 339 g/mol. The molecular weight excluding hydrogens is 318 g/mol. The van der Waals surface area contributed by atoms with Gasteiger partial charge in [-0.2, -0.15) is 4.31 Å². The molecule has 0 aliphatic carbocycles. The first-order valence-electron chi connectivity index (χ1n) is 7.32. The Labute approximate surface area is 136 Å². The van der Waals surface area contributed by atoms with E-state index in [1.807, 2.05) is 6.07 Å². The lowest BCUT2D eigenvalue weighted by Gasteiger charge is -2.34. The number of piperazine rings is 1. The Morgan fingerprint density at radius 3 is 2.17 bits per heavy atom. The second-order valence-electron chi connectivity index (χ2n) is 5.57. The standard InChI is InChI=1S/C15H21N3O4S/c1-16(15(20)13-6-4-3-5-7-13)12-14(19)17-8-10-18(11-9-17)23(2,21)22/h3-7H,8-12H2,1-2H3. The molecule has 1 aromatic carbocycles. The summed E-state index contributed by atoms with van der Waals surface area (Å²) < 4.78 is 24.3. The van der Waals surface area contributed by atoms with Crippen LogP contribution in [0, 0.1) is 0 Å². The van der Waals surface area contributed by atoms with Gasteiger partial charge in [0.05, 0.1) is 12.8 Å². The number of carbonyl (C=O) groups is 2. The van der Waals surface area contributed by atoms with Crippen LogP contribution in [0.4, 0.5) is 0 Å². The second-order valence-corrected chi connectivity index (χ2v) is 7.55. The highest BCUT2D eigenvalue weighted by molar-refractivity contribution is 7.88. The molecule has 1 aliphatic heterocycles. The van der Waals surface area contributed by atoms with Crippen molar-refractivity contribution in [1.29, 1.82) is 0 Å². The van der Waals surface area contributed by atoms with Crippen LogP contribution in [0.25, 0.3) is 0 Å². The lowest BCUT2D eigenvalue weighted by atomic mass is 10.2. The van der Waals surface area contributed by atoms with Gasteiger partial charge in [0.25, 0.3) is 5.91 Å². The molecule has 0 saturated carbocycles. The number of hydrogen-bond donors (Lipinski definition) is 0. The van der Waals surface area contributed by atoms with Crippen LogP contribution in [-0.2, 0) is 14.8 Å². The molecule has 8 heteroatoms. The average molecular weight is 339 g/mol. The van der Waals surface area contributed by atoms with E-state index < -0.39 is 10.0 Å². The molecule has 1 fully saturated rings. The van der Waals surface area contributed by atoms with Gasteiger partial charge in [0.15, 0.2) is 0 Å². The van der Waals surface area contributed by atoms with Gasteiger partial charge in [-0.3, -0.25) is 9.59 Å². The first kappa shape index (κ1) is 17.4. The molecule has 0 radical (unpaired) electrons. The molecule has 2 amide bonds. The van der Waals surface area contributed by atoms with E-state index in [0.717, 1.165) is 6.26 Å². The maximum Gasteiger partial charge on any atom is 0.254 e. The summed E-state index contributed by atoms with van der Waals surface area (Å²) in [6.45, 7) is 1.26. The number of hydrogen-bond acceptors (Lipinski definition) is 4. The van der Waals surface area contributed by atoms with Gasteiger partial charge in [-0.05, 0) is 12.1 Å². The van der Waals surface area contributed by atoms with Crippen molar-refractivity contribution in [3.8, 4) is 0 Å². The molecule has 1 heterocycles. The predicted octanol–water partition coefficient (Wildman–Crippen LogP) is -0.138. The van der Waals surface area contributed by atoms with E-state index in [1.165, 1.54) is 9.21 Å². The van der Waals surface area contributed by atoms with Crippen LogP contribution < -0.4 is 0 Å². The highest BCUT2D eigenvalue weighted by Crippen LogP contribution is 2.08. The van der Waals surface area contributed by atoms with Gasteiger partial charge in [0.1, 0.15) is 0 Å². The molecule has 0 spiro atoms. The van der Waals surface area contributed by atoms with E-state index in [4.69, 9.17) is 0 Å². The van der Waals surface area contributed by atoms with E-state index in [0.29, 0.717) is 31.7 Å². The Balaban J connectivity index is 1.89. The Morgan fingerprint density at radius 1 is 1.09 bits per heavy atom. The molecule has 1 aromatic rings. The van der Waals surface area contributed by atoms with Gasteiger partial charge < -0.3 is 9.80 Å². The fraction of sp³-hybridized carbons (Fsp3) is 0.467. The fourth-order valence-corrected chi connectivity index (χ4v) is 3.27. The van der Waals surface area contributed by atoms with E-state index in [-0.39, 0.29) is 18.4 Å². The third-order valence-corrected chi connectivity index (χ3v) is 5.10. The molecule has 7 nitrogen and oxygen atoms in total. The zero-order valence-corrected chi connectivity index (χ0v) is 14.1. The minimum Gasteiger partial charge on any atom is -0.339 e. The predicted molar refractivity (Wildman–Crippen MR) is 86.4 cm³/mol. The van der Waals surface area contributed by atoms with Crippen LogP contribution in [0.15, 0.2) is 30.3 Å². The summed E-state index contributed by atoms with van der Waals surface area (Å²) in [7, 11) is -1.63. The summed E-state index contributed by atoms with van der Waals surface area (Å²) >= 11 is 0. The smallest absolute Gasteiger partial charge is 0.254 e. The van der Waals surface area contributed by atoms with Crippen LogP contribution >= 0.6 is 0 Å². The van der Waals surface area contributed by atoms with Crippen molar-refractivity contribution in [1.82, 2.24) is 14.1 Å². The molecule has 1 aliphatic rings. The Bertz CT molecular complexity index is 667. The highest BCUT2D eigenvalue weighted by Gasteiger charge is 2.27. The number of carbonyl (C=O) groups excluding carboxylic acids is 2. The number of sulfonamides is 1. The zero-order valence-electron chi connectivity index (χ0n) is 13.3. The molecule has 0 aromatic heterocycles. The molecule has 0 bridgehead atoms. The summed E-state index contributed by atoms with van der Waals surface area (Å²) in [6, 6.07) is 8.77. The van der Waals surface area contributed by atoms with E-state index in [1.54, 1.807) is 36.2 Å². The first-order valence-corrected chi connectivity index (χ1v) is 9.17. The molecule has 1 saturated heterocycles. The summed E-state index contributed by atoms with van der Waals surface area (Å²) in [5, 5.41) is 0. The first-order chi connectivity index (χ1) is 10.8. The summed E-state index contributed by atoms with van der Waals surface area (Å²) in [5.41, 5.74) is 0.532. The van der Waals surface area contributed by atoms with Gasteiger partial charge in [0.2, 0.25) is 15.9 Å². The SMILES string of the molecule is CN(CC(=O)N1CCN(S(C)(=O)=O)CC1)C(=O)c1ccccc1. The van der Waals surface area contributed by atoms with Crippen LogP contribution in [0.1, 0.15) is 10.4 Å². The highest BCUT2D eigenvalue weighted by atomic mass is 32.2. The fourth-order valence-electron chi connectivity index (χ4n) is 2.44. The normalized spacial score (nSPS) is 16.2. The molecule has 0 N–H and O–H groups in total. The van der Waals surface area contributed by atoms with Crippen molar-refractivity contribution < 1.29 is 18.0 Å². The van der Waals surface area contributed by atoms with Gasteiger partial charge >= 0.3 is 0 Å². The summed E-state index contributed by atoms with van der Waals surface area (Å²) in [6.07, 6.45) is 1.16. The molecule has 0 unspecified atom stereocenters. The third-order valence-electron chi connectivity index (χ3n) is 3.80. The van der Waals surface area contributed by atoms with Gasteiger partial charge in [-0.1, -0.05) is 18.2 Å². The number of amides is 2. The zero-order chi connectivity index (χ0) is 17.0. The van der Waals surface area contributed by atoms with Crippen molar-refractivity contribution in [2.45, 2.75) is 0 Å². The number of nitrogens with zero attached hydrogens (tertiary/aromatic N) is 3. The molecular formula is C15H21N3O4S. The van der Waals surface area contributed by atoms with E-state index in [9.17, 15) is 18.0 Å². The van der Waals surface area contributed by atoms with Crippen molar-refractivity contribution in [2.24, 2.45) is 0 Å². The van der Waals surface area contributed by atoms with Crippen LogP contribution in [0.3, 0.4) is 0 Å². The molecule has 23 heavy (non-hydrogen) atoms. The Hall–Kier alpha value is -1.93. The Morgan fingerprint density at radius 2 is 1.65 bits per heavy atom. The Kier molecular flexibility index (Phi) is 5.38. The minimum atomic E-state index is -3.22.